The predicted octanol–water partition coefficient (Wildman–Crippen LogP) is 5.92. The van der Waals surface area contributed by atoms with Crippen LogP contribution in [-0.4, -0.2) is 36.4 Å². The molecule has 2 aromatic carbocycles. The molecule has 2 unspecified atom stereocenters. The minimum absolute atomic E-state index is 0.242. The van der Waals surface area contributed by atoms with Crippen molar-refractivity contribution in [2.45, 2.75) is 46.2 Å². The summed E-state index contributed by atoms with van der Waals surface area (Å²) >= 11 is 5.94. The summed E-state index contributed by atoms with van der Waals surface area (Å²) in [6, 6.07) is 19.4. The maximum Gasteiger partial charge on any atom is 0.229 e. The van der Waals surface area contributed by atoms with Gasteiger partial charge in [0.25, 0.3) is 0 Å². The van der Waals surface area contributed by atoms with Crippen molar-refractivity contribution >= 4 is 38.7 Å². The maximum absolute atomic E-state index is 12.2. The first-order valence-corrected chi connectivity index (χ1v) is 15.8. The molecular weight excluding hydrogens is 555 g/mol. The standard InChI is InChI=1S/C31H35N5O3S2/c1-7-22-12-10-11-19(2)29(22)35-20(3)17-24(21(35)4)30-28(25-13-8-9-16-32-25)33-31(40)36(30)23-14-15-27(39-5)26(18-23)34-41(6,37)38/h8-18,28,30,34H,7H2,1-6H3,(H,33,40). The fraction of sp³-hybridized carbons (Fsp3) is 0.290. The van der Waals surface area contributed by atoms with Crippen LogP contribution in [0.1, 0.15) is 52.8 Å². The summed E-state index contributed by atoms with van der Waals surface area (Å²) < 4.78 is 34.7. The van der Waals surface area contributed by atoms with Gasteiger partial charge in [0.15, 0.2) is 5.11 Å². The lowest BCUT2D eigenvalue weighted by atomic mass is 9.96. The third kappa shape index (κ3) is 5.41. The van der Waals surface area contributed by atoms with Crippen molar-refractivity contribution in [3.63, 3.8) is 0 Å². The van der Waals surface area contributed by atoms with E-state index in [9.17, 15) is 8.42 Å². The molecule has 10 heteroatoms. The molecule has 0 aliphatic carbocycles. The highest BCUT2D eigenvalue weighted by Crippen LogP contribution is 2.45. The zero-order valence-corrected chi connectivity index (χ0v) is 25.7. The molecule has 5 rings (SSSR count). The average molecular weight is 590 g/mol. The summed E-state index contributed by atoms with van der Waals surface area (Å²) in [6.07, 6.45) is 3.82. The largest absolute Gasteiger partial charge is 0.495 e. The van der Waals surface area contributed by atoms with Crippen LogP contribution >= 0.6 is 12.2 Å². The molecule has 1 saturated heterocycles. The summed E-state index contributed by atoms with van der Waals surface area (Å²) in [6.45, 7) is 8.60. The third-order valence-corrected chi connectivity index (χ3v) is 8.47. The molecule has 8 nitrogen and oxygen atoms in total. The number of sulfonamides is 1. The monoisotopic (exact) mass is 589 g/mol. The lowest BCUT2D eigenvalue weighted by Gasteiger charge is -2.29. The Hall–Kier alpha value is -3.89. The molecule has 2 N–H and O–H groups in total. The smallest absolute Gasteiger partial charge is 0.229 e. The maximum atomic E-state index is 12.2. The van der Waals surface area contributed by atoms with Gasteiger partial charge in [-0.15, -0.1) is 0 Å². The Morgan fingerprint density at radius 2 is 1.85 bits per heavy atom. The Kier molecular flexibility index (Phi) is 7.80. The second-order valence-corrected chi connectivity index (χ2v) is 12.5. The molecule has 214 valence electrons. The number of ether oxygens (including phenoxy) is 1. The van der Waals surface area contributed by atoms with E-state index in [0.717, 1.165) is 41.0 Å². The third-order valence-electron chi connectivity index (χ3n) is 7.57. The number of aromatic nitrogens is 2. The minimum Gasteiger partial charge on any atom is -0.495 e. The Morgan fingerprint density at radius 1 is 1.07 bits per heavy atom. The van der Waals surface area contributed by atoms with Gasteiger partial charge in [0.05, 0.1) is 42.5 Å². The highest BCUT2D eigenvalue weighted by molar-refractivity contribution is 7.92. The molecule has 3 heterocycles. The zero-order chi connectivity index (χ0) is 29.5. The van der Waals surface area contributed by atoms with Gasteiger partial charge in [-0.1, -0.05) is 31.2 Å². The number of pyridine rings is 1. The zero-order valence-electron chi connectivity index (χ0n) is 24.1. The van der Waals surface area contributed by atoms with Gasteiger partial charge in [-0.3, -0.25) is 9.71 Å². The molecule has 2 aromatic heterocycles. The highest BCUT2D eigenvalue weighted by Gasteiger charge is 2.42. The fourth-order valence-electron chi connectivity index (χ4n) is 5.83. The van der Waals surface area contributed by atoms with E-state index in [2.05, 4.69) is 71.6 Å². The first-order chi connectivity index (χ1) is 19.5. The minimum atomic E-state index is -3.54. The van der Waals surface area contributed by atoms with Crippen molar-refractivity contribution < 1.29 is 13.2 Å². The fourth-order valence-corrected chi connectivity index (χ4v) is 6.74. The van der Waals surface area contributed by atoms with Gasteiger partial charge in [0, 0.05) is 23.3 Å². The quantitative estimate of drug-likeness (QED) is 0.247. The average Bonchev–Trinajstić information content (AvgIpc) is 3.43. The molecular formula is C31H35N5O3S2. The summed E-state index contributed by atoms with van der Waals surface area (Å²) in [4.78, 5) is 6.73. The highest BCUT2D eigenvalue weighted by atomic mass is 32.2. The molecule has 2 atom stereocenters. The van der Waals surface area contributed by atoms with Crippen molar-refractivity contribution in [1.82, 2.24) is 14.9 Å². The molecule has 41 heavy (non-hydrogen) atoms. The van der Waals surface area contributed by atoms with Gasteiger partial charge in [-0.25, -0.2) is 8.42 Å². The van der Waals surface area contributed by atoms with E-state index < -0.39 is 10.0 Å². The number of aryl methyl sites for hydroxylation is 3. The number of anilines is 2. The van der Waals surface area contributed by atoms with E-state index in [1.807, 2.05) is 29.2 Å². The number of para-hydroxylation sites is 1. The Labute approximate surface area is 247 Å². The second kappa shape index (κ2) is 11.2. The van der Waals surface area contributed by atoms with Crippen LogP contribution in [0.4, 0.5) is 11.4 Å². The van der Waals surface area contributed by atoms with Gasteiger partial charge in [0.1, 0.15) is 5.75 Å². The number of nitrogens with zero attached hydrogens (tertiary/aromatic N) is 3. The van der Waals surface area contributed by atoms with E-state index in [1.165, 1.54) is 23.9 Å². The number of hydrogen-bond donors (Lipinski definition) is 2. The van der Waals surface area contributed by atoms with Crippen LogP contribution in [0.15, 0.2) is 66.9 Å². The SMILES string of the molecule is CCc1cccc(C)c1-n1c(C)cc(C2C(c3ccccn3)NC(=S)N2c2ccc(OC)c(NS(C)(=O)=O)c2)c1C. The molecule has 0 radical (unpaired) electrons. The van der Waals surface area contributed by atoms with E-state index in [4.69, 9.17) is 17.0 Å². The Balaban J connectivity index is 1.71. The number of benzene rings is 2. The van der Waals surface area contributed by atoms with Crippen molar-refractivity contribution in [2.75, 3.05) is 23.0 Å². The van der Waals surface area contributed by atoms with Crippen LogP contribution in [-0.2, 0) is 16.4 Å². The van der Waals surface area contributed by atoms with Gasteiger partial charge in [0.2, 0.25) is 10.0 Å². The van der Waals surface area contributed by atoms with E-state index in [0.29, 0.717) is 16.5 Å². The van der Waals surface area contributed by atoms with Gasteiger partial charge in [-0.05, 0) is 92.5 Å². The topological polar surface area (TPSA) is 88.5 Å². The van der Waals surface area contributed by atoms with E-state index in [1.54, 1.807) is 18.3 Å². The molecule has 1 aliphatic heterocycles. The van der Waals surface area contributed by atoms with Crippen LogP contribution < -0.4 is 19.7 Å². The van der Waals surface area contributed by atoms with Crippen LogP contribution in [0.3, 0.4) is 0 Å². The molecule has 1 fully saturated rings. The number of rotatable bonds is 8. The van der Waals surface area contributed by atoms with Crippen LogP contribution in [0.2, 0.25) is 0 Å². The Morgan fingerprint density at radius 3 is 2.51 bits per heavy atom. The normalized spacial score (nSPS) is 17.0. The van der Waals surface area contributed by atoms with Crippen molar-refractivity contribution in [3.8, 4) is 11.4 Å². The van der Waals surface area contributed by atoms with Crippen molar-refractivity contribution in [3.05, 3.63) is 101 Å². The summed E-state index contributed by atoms with van der Waals surface area (Å²) in [5.41, 5.74) is 8.95. The molecule has 0 spiro atoms. The van der Waals surface area contributed by atoms with Crippen molar-refractivity contribution in [2.24, 2.45) is 0 Å². The van der Waals surface area contributed by atoms with Crippen molar-refractivity contribution in [1.29, 1.82) is 0 Å². The van der Waals surface area contributed by atoms with Crippen LogP contribution in [0.5, 0.6) is 5.75 Å². The second-order valence-electron chi connectivity index (χ2n) is 10.4. The first-order valence-electron chi connectivity index (χ1n) is 13.5. The number of thiocarbonyl (C=S) groups is 1. The van der Waals surface area contributed by atoms with Crippen LogP contribution in [0, 0.1) is 20.8 Å². The molecule has 4 aromatic rings. The number of methoxy groups -OCH3 is 1. The van der Waals surface area contributed by atoms with Gasteiger partial charge < -0.3 is 19.5 Å². The Bertz CT molecular complexity index is 1720. The van der Waals surface area contributed by atoms with E-state index >= 15 is 0 Å². The van der Waals surface area contributed by atoms with Gasteiger partial charge in [-0.2, -0.15) is 0 Å². The number of hydrogen-bond acceptors (Lipinski definition) is 5. The number of nitrogens with one attached hydrogen (secondary N) is 2. The van der Waals surface area contributed by atoms with Crippen LogP contribution in [0.25, 0.3) is 5.69 Å². The summed E-state index contributed by atoms with van der Waals surface area (Å²) in [7, 11) is -2.03. The molecule has 0 saturated carbocycles. The first kappa shape index (κ1) is 28.6. The van der Waals surface area contributed by atoms with E-state index in [-0.39, 0.29) is 12.1 Å². The summed E-state index contributed by atoms with van der Waals surface area (Å²) in [5, 5.41) is 4.03. The molecule has 1 aliphatic rings. The molecule has 0 bridgehead atoms. The molecule has 0 amide bonds. The summed E-state index contributed by atoms with van der Waals surface area (Å²) in [5.74, 6) is 0.417. The lowest BCUT2D eigenvalue weighted by Crippen LogP contribution is -2.29. The van der Waals surface area contributed by atoms with Gasteiger partial charge >= 0.3 is 0 Å². The predicted molar refractivity (Wildman–Crippen MR) is 169 cm³/mol. The lowest BCUT2D eigenvalue weighted by molar-refractivity contribution is 0.417.